The van der Waals surface area contributed by atoms with Crippen molar-refractivity contribution in [3.63, 3.8) is 0 Å². The zero-order valence-corrected chi connectivity index (χ0v) is 15.7. The molecule has 0 saturated heterocycles. The van der Waals surface area contributed by atoms with E-state index in [9.17, 15) is 9.90 Å². The molecule has 0 bridgehead atoms. The van der Waals surface area contributed by atoms with E-state index >= 15 is 0 Å². The summed E-state index contributed by atoms with van der Waals surface area (Å²) in [4.78, 5) is 15.4. The quantitative estimate of drug-likeness (QED) is 0.650. The van der Waals surface area contributed by atoms with Crippen molar-refractivity contribution in [1.82, 2.24) is 4.90 Å². The van der Waals surface area contributed by atoms with Gasteiger partial charge in [-0.2, -0.15) is 0 Å². The molecule has 0 unspecified atom stereocenters. The van der Waals surface area contributed by atoms with Gasteiger partial charge in [-0.05, 0) is 30.4 Å². The third kappa shape index (κ3) is 6.27. The maximum absolute atomic E-state index is 12.8. The first-order valence-electron chi connectivity index (χ1n) is 8.77. The van der Waals surface area contributed by atoms with Crippen LogP contribution in [0.25, 0.3) is 0 Å². The number of unbranched alkanes of at least 4 members (excludes halogenated alkanes) is 1. The van der Waals surface area contributed by atoms with Gasteiger partial charge in [-0.1, -0.05) is 49.7 Å². The SMILES string of the molecule is CCCCO[C@H](C)C(=O)N(Cc1ccccc1)C[C@@H](O)c1cccs1. The van der Waals surface area contributed by atoms with Crippen LogP contribution in [0.2, 0.25) is 0 Å². The lowest BCUT2D eigenvalue weighted by atomic mass is 10.1. The highest BCUT2D eigenvalue weighted by Crippen LogP contribution is 2.21. The number of ether oxygens (including phenoxy) is 1. The minimum absolute atomic E-state index is 0.0874. The summed E-state index contributed by atoms with van der Waals surface area (Å²) in [5.74, 6) is -0.0874. The van der Waals surface area contributed by atoms with Crippen molar-refractivity contribution >= 4 is 17.2 Å². The highest BCUT2D eigenvalue weighted by Gasteiger charge is 2.24. The van der Waals surface area contributed by atoms with E-state index in [1.165, 1.54) is 11.3 Å². The summed E-state index contributed by atoms with van der Waals surface area (Å²) in [5, 5.41) is 12.4. The molecule has 0 aliphatic carbocycles. The first kappa shape index (κ1) is 19.6. The van der Waals surface area contributed by atoms with Gasteiger partial charge in [-0.25, -0.2) is 0 Å². The Kier molecular flexibility index (Phi) is 8.12. The van der Waals surface area contributed by atoms with Crippen LogP contribution in [-0.2, 0) is 16.1 Å². The largest absolute Gasteiger partial charge is 0.386 e. The number of carbonyl (C=O) groups excluding carboxylic acids is 1. The Labute approximate surface area is 154 Å². The number of amides is 1. The van der Waals surface area contributed by atoms with Gasteiger partial charge in [0.25, 0.3) is 5.91 Å². The van der Waals surface area contributed by atoms with Gasteiger partial charge in [0, 0.05) is 18.0 Å². The summed E-state index contributed by atoms with van der Waals surface area (Å²) in [6.07, 6.45) is 0.779. The smallest absolute Gasteiger partial charge is 0.251 e. The molecule has 1 aromatic heterocycles. The van der Waals surface area contributed by atoms with Crippen LogP contribution in [0.3, 0.4) is 0 Å². The third-order valence-corrected chi connectivity index (χ3v) is 4.98. The van der Waals surface area contributed by atoms with Gasteiger partial charge in [-0.3, -0.25) is 4.79 Å². The molecule has 0 aliphatic rings. The Morgan fingerprint density at radius 3 is 2.64 bits per heavy atom. The number of carbonyl (C=O) groups is 1. The molecule has 1 N–H and O–H groups in total. The minimum Gasteiger partial charge on any atom is -0.386 e. The number of hydrogen-bond donors (Lipinski definition) is 1. The number of benzene rings is 1. The summed E-state index contributed by atoms with van der Waals surface area (Å²) in [6.45, 7) is 5.18. The fourth-order valence-corrected chi connectivity index (χ4v) is 3.25. The van der Waals surface area contributed by atoms with Crippen molar-refractivity contribution in [3.8, 4) is 0 Å². The van der Waals surface area contributed by atoms with Crippen LogP contribution in [0.5, 0.6) is 0 Å². The monoisotopic (exact) mass is 361 g/mol. The van der Waals surface area contributed by atoms with Crippen LogP contribution in [0.4, 0.5) is 0 Å². The molecule has 5 heteroatoms. The number of thiophene rings is 1. The predicted molar refractivity (Wildman–Crippen MR) is 101 cm³/mol. The number of nitrogens with zero attached hydrogens (tertiary/aromatic N) is 1. The van der Waals surface area contributed by atoms with Gasteiger partial charge < -0.3 is 14.7 Å². The molecule has 1 heterocycles. The molecule has 2 aromatic rings. The lowest BCUT2D eigenvalue weighted by Crippen LogP contribution is -2.41. The fourth-order valence-electron chi connectivity index (χ4n) is 2.55. The van der Waals surface area contributed by atoms with Crippen molar-refractivity contribution in [2.45, 2.75) is 45.4 Å². The zero-order chi connectivity index (χ0) is 18.1. The number of aliphatic hydroxyl groups excluding tert-OH is 1. The Hall–Kier alpha value is -1.69. The van der Waals surface area contributed by atoms with E-state index in [-0.39, 0.29) is 12.5 Å². The molecular weight excluding hydrogens is 334 g/mol. The molecule has 2 atom stereocenters. The average molecular weight is 362 g/mol. The van der Waals surface area contributed by atoms with Crippen molar-refractivity contribution in [3.05, 3.63) is 58.3 Å². The van der Waals surface area contributed by atoms with Crippen LogP contribution in [-0.4, -0.2) is 35.2 Å². The van der Waals surface area contributed by atoms with Gasteiger partial charge in [0.1, 0.15) is 12.2 Å². The van der Waals surface area contributed by atoms with E-state index in [0.29, 0.717) is 13.2 Å². The standard InChI is InChI=1S/C20H27NO3S/c1-3-4-12-24-16(2)20(23)21(14-17-9-6-5-7-10-17)15-18(22)19-11-8-13-25-19/h5-11,13,16,18,22H,3-4,12,14-15H2,1-2H3/t16-,18-/m1/s1. The second-order valence-corrected chi connectivity index (χ2v) is 7.08. The van der Waals surface area contributed by atoms with Gasteiger partial charge in [-0.15, -0.1) is 11.3 Å². The zero-order valence-electron chi connectivity index (χ0n) is 14.9. The van der Waals surface area contributed by atoms with Gasteiger partial charge in [0.15, 0.2) is 0 Å². The topological polar surface area (TPSA) is 49.8 Å². The van der Waals surface area contributed by atoms with Gasteiger partial charge in [0.05, 0.1) is 6.54 Å². The minimum atomic E-state index is -0.685. The summed E-state index contributed by atoms with van der Waals surface area (Å²) in [7, 11) is 0. The fraction of sp³-hybridized carbons (Fsp3) is 0.450. The third-order valence-electron chi connectivity index (χ3n) is 4.01. The van der Waals surface area contributed by atoms with Crippen LogP contribution in [0.15, 0.2) is 47.8 Å². The normalized spacial score (nSPS) is 13.4. The van der Waals surface area contributed by atoms with E-state index < -0.39 is 12.2 Å². The molecule has 0 saturated carbocycles. The molecule has 4 nitrogen and oxygen atoms in total. The molecule has 0 spiro atoms. The number of rotatable bonds is 10. The number of hydrogen-bond acceptors (Lipinski definition) is 4. The summed E-state index contributed by atoms with van der Waals surface area (Å²) < 4.78 is 5.66. The summed E-state index contributed by atoms with van der Waals surface area (Å²) in [6, 6.07) is 13.6. The molecule has 136 valence electrons. The average Bonchev–Trinajstić information content (AvgIpc) is 3.16. The maximum Gasteiger partial charge on any atom is 0.251 e. The summed E-state index contributed by atoms with van der Waals surface area (Å²) >= 11 is 1.50. The van der Waals surface area contributed by atoms with Crippen LogP contribution in [0, 0.1) is 0 Å². The van der Waals surface area contributed by atoms with E-state index in [0.717, 1.165) is 23.3 Å². The molecule has 0 fully saturated rings. The van der Waals surface area contributed by atoms with E-state index in [2.05, 4.69) is 6.92 Å². The van der Waals surface area contributed by atoms with Gasteiger partial charge >= 0.3 is 0 Å². The molecule has 1 amide bonds. The maximum atomic E-state index is 12.8. The van der Waals surface area contributed by atoms with Crippen molar-refractivity contribution < 1.29 is 14.6 Å². The van der Waals surface area contributed by atoms with E-state index in [1.54, 1.807) is 11.8 Å². The molecule has 25 heavy (non-hydrogen) atoms. The van der Waals surface area contributed by atoms with Crippen molar-refractivity contribution in [2.24, 2.45) is 0 Å². The first-order valence-corrected chi connectivity index (χ1v) is 9.65. The van der Waals surface area contributed by atoms with Crippen LogP contribution >= 0.6 is 11.3 Å². The lowest BCUT2D eigenvalue weighted by molar-refractivity contribution is -0.144. The molecular formula is C20H27NO3S. The Balaban J connectivity index is 2.06. The van der Waals surface area contributed by atoms with Crippen molar-refractivity contribution in [1.29, 1.82) is 0 Å². The highest BCUT2D eigenvalue weighted by molar-refractivity contribution is 7.10. The van der Waals surface area contributed by atoms with Crippen LogP contribution < -0.4 is 0 Å². The Morgan fingerprint density at radius 1 is 1.24 bits per heavy atom. The predicted octanol–water partition coefficient (Wildman–Crippen LogP) is 4.02. The lowest BCUT2D eigenvalue weighted by Gasteiger charge is -2.28. The molecule has 0 aliphatic heterocycles. The number of aliphatic hydroxyl groups is 1. The second kappa shape index (κ2) is 10.3. The van der Waals surface area contributed by atoms with E-state index in [1.807, 2.05) is 47.8 Å². The summed E-state index contributed by atoms with van der Waals surface area (Å²) in [5.41, 5.74) is 1.04. The Morgan fingerprint density at radius 2 is 2.00 bits per heavy atom. The van der Waals surface area contributed by atoms with Gasteiger partial charge in [0.2, 0.25) is 0 Å². The second-order valence-electron chi connectivity index (χ2n) is 6.10. The molecule has 1 aromatic carbocycles. The highest BCUT2D eigenvalue weighted by atomic mass is 32.1. The van der Waals surface area contributed by atoms with E-state index in [4.69, 9.17) is 4.74 Å². The Bertz CT molecular complexity index is 615. The van der Waals surface area contributed by atoms with Crippen LogP contribution in [0.1, 0.15) is 43.2 Å². The first-order chi connectivity index (χ1) is 12.1. The van der Waals surface area contributed by atoms with Crippen molar-refractivity contribution in [2.75, 3.05) is 13.2 Å². The molecule has 0 radical (unpaired) electrons. The molecule has 2 rings (SSSR count).